The number of nitrogens with two attached hydrogens (primary N) is 1. The van der Waals surface area contributed by atoms with Gasteiger partial charge >= 0.3 is 0 Å². The van der Waals surface area contributed by atoms with Gasteiger partial charge in [-0.1, -0.05) is 25.7 Å². The topological polar surface area (TPSA) is 55.1 Å². The average Bonchev–Trinajstić information content (AvgIpc) is 2.38. The first kappa shape index (κ1) is 17.1. The smallest absolute Gasteiger partial charge is 0.223 e. The number of nitrogens with one attached hydrogen (secondary N) is 1. The van der Waals surface area contributed by atoms with Crippen molar-refractivity contribution in [3.8, 4) is 0 Å². The molecule has 3 aliphatic rings. The Hall–Kier alpha value is -0.280. The molecule has 21 heavy (non-hydrogen) atoms. The Morgan fingerprint density at radius 2 is 1.62 bits per heavy atom. The van der Waals surface area contributed by atoms with Crippen LogP contribution in [0.25, 0.3) is 0 Å². The van der Waals surface area contributed by atoms with E-state index < -0.39 is 0 Å². The summed E-state index contributed by atoms with van der Waals surface area (Å²) < 4.78 is 0. The number of amides is 1. The van der Waals surface area contributed by atoms with Crippen LogP contribution in [0.2, 0.25) is 0 Å². The van der Waals surface area contributed by atoms with E-state index in [1.165, 1.54) is 38.5 Å². The maximum atomic E-state index is 12.7. The van der Waals surface area contributed by atoms with Gasteiger partial charge in [0.25, 0.3) is 0 Å². The van der Waals surface area contributed by atoms with Crippen molar-refractivity contribution < 1.29 is 4.79 Å². The number of halogens is 1. The summed E-state index contributed by atoms with van der Waals surface area (Å²) in [5, 5.41) is 3.39. The second-order valence-electron chi connectivity index (χ2n) is 7.81. The molecule has 1 amide bonds. The van der Waals surface area contributed by atoms with Crippen molar-refractivity contribution in [2.75, 3.05) is 0 Å². The van der Waals surface area contributed by atoms with Gasteiger partial charge in [0.1, 0.15) is 0 Å². The van der Waals surface area contributed by atoms with Gasteiger partial charge in [0.15, 0.2) is 0 Å². The first-order valence-electron chi connectivity index (χ1n) is 8.65. The van der Waals surface area contributed by atoms with Gasteiger partial charge in [0.2, 0.25) is 5.91 Å². The van der Waals surface area contributed by atoms with Crippen LogP contribution in [-0.4, -0.2) is 17.5 Å². The van der Waals surface area contributed by atoms with Crippen LogP contribution in [0.15, 0.2) is 0 Å². The second-order valence-corrected chi connectivity index (χ2v) is 7.81. The van der Waals surface area contributed by atoms with Gasteiger partial charge in [-0.2, -0.15) is 0 Å². The second kappa shape index (κ2) is 6.87. The summed E-state index contributed by atoms with van der Waals surface area (Å²) in [6.07, 6.45) is 12.0. The molecule has 2 bridgehead atoms. The molecule has 3 saturated carbocycles. The van der Waals surface area contributed by atoms with Crippen molar-refractivity contribution in [2.24, 2.45) is 23.5 Å². The highest BCUT2D eigenvalue weighted by atomic mass is 35.5. The molecular weight excluding hydrogens is 284 g/mol. The fourth-order valence-electron chi connectivity index (χ4n) is 4.86. The molecule has 3 fully saturated rings. The molecule has 4 heteroatoms. The van der Waals surface area contributed by atoms with E-state index in [4.69, 9.17) is 5.73 Å². The zero-order valence-electron chi connectivity index (χ0n) is 13.3. The molecule has 3 rings (SSSR count). The van der Waals surface area contributed by atoms with Gasteiger partial charge in [0, 0.05) is 17.5 Å². The Labute approximate surface area is 135 Å². The van der Waals surface area contributed by atoms with Crippen LogP contribution in [0.4, 0.5) is 0 Å². The SMILES string of the molecule is CC1(NC(=O)C2CC3CCCC(C2)C3N)CCCCC1.Cl. The molecule has 0 aromatic carbocycles. The zero-order chi connectivity index (χ0) is 14.2. The highest BCUT2D eigenvalue weighted by molar-refractivity contribution is 5.85. The van der Waals surface area contributed by atoms with Gasteiger partial charge in [0.05, 0.1) is 0 Å². The minimum Gasteiger partial charge on any atom is -0.351 e. The van der Waals surface area contributed by atoms with E-state index in [1.807, 2.05) is 0 Å². The highest BCUT2D eigenvalue weighted by Gasteiger charge is 2.41. The van der Waals surface area contributed by atoms with E-state index in [0.717, 1.165) is 25.7 Å². The van der Waals surface area contributed by atoms with E-state index in [0.29, 0.717) is 23.8 Å². The molecule has 0 aliphatic heterocycles. The van der Waals surface area contributed by atoms with Crippen molar-refractivity contribution in [1.29, 1.82) is 0 Å². The Bertz CT molecular complexity index is 354. The lowest BCUT2D eigenvalue weighted by molar-refractivity contribution is -0.130. The predicted molar refractivity (Wildman–Crippen MR) is 88.4 cm³/mol. The number of carbonyl (C=O) groups is 1. The van der Waals surface area contributed by atoms with Gasteiger partial charge in [-0.05, 0) is 57.3 Å². The van der Waals surface area contributed by atoms with E-state index >= 15 is 0 Å². The van der Waals surface area contributed by atoms with Crippen LogP contribution < -0.4 is 11.1 Å². The minimum absolute atomic E-state index is 0. The molecule has 3 nitrogen and oxygen atoms in total. The Balaban J connectivity index is 0.00000161. The number of rotatable bonds is 2. The number of fused-ring (bicyclic) bond motifs is 2. The third kappa shape index (κ3) is 3.73. The van der Waals surface area contributed by atoms with Gasteiger partial charge in [-0.25, -0.2) is 0 Å². The Morgan fingerprint density at radius 1 is 1.05 bits per heavy atom. The number of hydrogen-bond donors (Lipinski definition) is 2. The molecule has 3 aliphatic carbocycles. The minimum atomic E-state index is 0. The normalized spacial score (nSPS) is 38.2. The average molecular weight is 315 g/mol. The van der Waals surface area contributed by atoms with Crippen LogP contribution in [0.1, 0.15) is 71.1 Å². The molecule has 0 spiro atoms. The van der Waals surface area contributed by atoms with Crippen molar-refractivity contribution in [3.05, 3.63) is 0 Å². The largest absolute Gasteiger partial charge is 0.351 e. The molecule has 0 aromatic heterocycles. The predicted octanol–water partition coefficient (Wildman–Crippen LogP) is 3.40. The quantitative estimate of drug-likeness (QED) is 0.820. The summed E-state index contributed by atoms with van der Waals surface area (Å²) in [4.78, 5) is 12.7. The van der Waals surface area contributed by atoms with Crippen molar-refractivity contribution in [1.82, 2.24) is 5.32 Å². The molecule has 0 saturated heterocycles. The van der Waals surface area contributed by atoms with Crippen molar-refractivity contribution in [2.45, 2.75) is 82.7 Å². The molecular formula is C17H31ClN2O. The van der Waals surface area contributed by atoms with E-state index in [9.17, 15) is 4.79 Å². The molecule has 122 valence electrons. The maximum absolute atomic E-state index is 12.7. The lowest BCUT2D eigenvalue weighted by atomic mass is 9.65. The summed E-state index contributed by atoms with van der Waals surface area (Å²) in [7, 11) is 0. The van der Waals surface area contributed by atoms with E-state index in [-0.39, 0.29) is 23.9 Å². The summed E-state index contributed by atoms with van der Waals surface area (Å²) in [5.74, 6) is 1.73. The summed E-state index contributed by atoms with van der Waals surface area (Å²) in [5.41, 5.74) is 6.38. The maximum Gasteiger partial charge on any atom is 0.223 e. The molecule has 0 heterocycles. The lowest BCUT2D eigenvalue weighted by Crippen LogP contribution is -2.53. The third-order valence-corrected chi connectivity index (χ3v) is 6.17. The van der Waals surface area contributed by atoms with Gasteiger partial charge in [-0.15, -0.1) is 12.4 Å². The monoisotopic (exact) mass is 314 g/mol. The first-order valence-corrected chi connectivity index (χ1v) is 8.65. The fraction of sp³-hybridized carbons (Fsp3) is 0.941. The van der Waals surface area contributed by atoms with Crippen LogP contribution in [0.5, 0.6) is 0 Å². The molecule has 2 unspecified atom stereocenters. The van der Waals surface area contributed by atoms with Gasteiger partial charge in [-0.3, -0.25) is 4.79 Å². The third-order valence-electron chi connectivity index (χ3n) is 6.17. The Kier molecular flexibility index (Phi) is 5.59. The highest BCUT2D eigenvalue weighted by Crippen LogP contribution is 2.42. The first-order chi connectivity index (χ1) is 9.57. The van der Waals surface area contributed by atoms with Crippen molar-refractivity contribution >= 4 is 18.3 Å². The molecule has 0 aromatic rings. The van der Waals surface area contributed by atoms with Gasteiger partial charge < -0.3 is 11.1 Å². The Morgan fingerprint density at radius 3 is 2.19 bits per heavy atom. The number of carbonyl (C=O) groups excluding carboxylic acids is 1. The summed E-state index contributed by atoms with van der Waals surface area (Å²) in [6, 6.07) is 0.359. The summed E-state index contributed by atoms with van der Waals surface area (Å²) >= 11 is 0. The standard InChI is InChI=1S/C17H30N2O.ClH/c1-17(8-3-2-4-9-17)19-16(20)14-10-12-6-5-7-13(11-14)15(12)18;/h12-15H,2-11,18H2,1H3,(H,19,20);1H. The fourth-order valence-corrected chi connectivity index (χ4v) is 4.86. The summed E-state index contributed by atoms with van der Waals surface area (Å²) in [6.45, 7) is 2.24. The van der Waals surface area contributed by atoms with Crippen LogP contribution in [0, 0.1) is 17.8 Å². The molecule has 2 atom stereocenters. The number of hydrogen-bond acceptors (Lipinski definition) is 2. The zero-order valence-corrected chi connectivity index (χ0v) is 14.1. The van der Waals surface area contributed by atoms with Crippen molar-refractivity contribution in [3.63, 3.8) is 0 Å². The van der Waals surface area contributed by atoms with Crippen LogP contribution in [-0.2, 0) is 4.79 Å². The van der Waals surface area contributed by atoms with E-state index in [2.05, 4.69) is 12.2 Å². The van der Waals surface area contributed by atoms with E-state index in [1.54, 1.807) is 0 Å². The lowest BCUT2D eigenvalue weighted by Gasteiger charge is -2.44. The van der Waals surface area contributed by atoms with Crippen LogP contribution in [0.3, 0.4) is 0 Å². The molecule has 0 radical (unpaired) electrons. The molecule has 3 N–H and O–H groups in total. The van der Waals surface area contributed by atoms with Crippen LogP contribution >= 0.6 is 12.4 Å².